The molecule has 0 aromatic heterocycles. The van der Waals surface area contributed by atoms with Gasteiger partial charge in [-0.05, 0) is 72.8 Å². The van der Waals surface area contributed by atoms with Crippen LogP contribution in [0.1, 0.15) is 60.3 Å². The number of rotatable bonds is 3. The summed E-state index contributed by atoms with van der Waals surface area (Å²) in [5.41, 5.74) is -0.415. The monoisotopic (exact) mass is 326 g/mol. The highest BCUT2D eigenvalue weighted by atomic mass is 16.6. The highest BCUT2D eigenvalue weighted by Gasteiger charge is 2.30. The molecule has 0 aromatic carbocycles. The molecule has 2 heterocycles. The summed E-state index contributed by atoms with van der Waals surface area (Å²) in [6.07, 6.45) is 4.11. The van der Waals surface area contributed by atoms with Crippen LogP contribution in [0.3, 0.4) is 0 Å². The summed E-state index contributed by atoms with van der Waals surface area (Å²) in [5, 5.41) is 3.71. The van der Waals surface area contributed by atoms with Crippen molar-refractivity contribution >= 4 is 6.09 Å². The van der Waals surface area contributed by atoms with Crippen LogP contribution in [0.4, 0.5) is 4.79 Å². The number of carbonyl (C=O) groups excluding carboxylic acids is 1. The van der Waals surface area contributed by atoms with Gasteiger partial charge in [-0.25, -0.2) is 4.79 Å². The van der Waals surface area contributed by atoms with E-state index in [1.165, 1.54) is 0 Å². The zero-order valence-corrected chi connectivity index (χ0v) is 15.5. The number of ether oxygens (including phenoxy) is 2. The van der Waals surface area contributed by atoms with Crippen molar-refractivity contribution in [1.82, 2.24) is 10.2 Å². The third kappa shape index (κ3) is 6.30. The van der Waals surface area contributed by atoms with E-state index in [-0.39, 0.29) is 11.7 Å². The van der Waals surface area contributed by atoms with E-state index >= 15 is 0 Å². The molecule has 0 radical (unpaired) electrons. The first kappa shape index (κ1) is 18.5. The lowest BCUT2D eigenvalue weighted by molar-refractivity contribution is -0.0634. The lowest BCUT2D eigenvalue weighted by Gasteiger charge is -2.38. The summed E-state index contributed by atoms with van der Waals surface area (Å²) >= 11 is 0. The van der Waals surface area contributed by atoms with Crippen LogP contribution in [0.25, 0.3) is 0 Å². The molecular weight excluding hydrogens is 292 g/mol. The van der Waals surface area contributed by atoms with Gasteiger partial charge >= 0.3 is 6.09 Å². The van der Waals surface area contributed by atoms with E-state index in [2.05, 4.69) is 19.2 Å². The molecule has 0 bridgehead atoms. The molecule has 2 saturated heterocycles. The highest BCUT2D eigenvalue weighted by Crippen LogP contribution is 2.25. The van der Waals surface area contributed by atoms with E-state index in [0.29, 0.717) is 12.0 Å². The molecule has 5 nitrogen and oxygen atoms in total. The molecular formula is C18H34N2O3. The molecule has 0 aromatic rings. The number of hydrogen-bond donors (Lipinski definition) is 1. The largest absolute Gasteiger partial charge is 0.444 e. The summed E-state index contributed by atoms with van der Waals surface area (Å²) in [7, 11) is 0. The molecule has 2 rings (SSSR count). The van der Waals surface area contributed by atoms with Crippen LogP contribution in [0.15, 0.2) is 0 Å². The Hall–Kier alpha value is -0.810. The Bertz CT molecular complexity index is 396. The molecule has 134 valence electrons. The quantitative estimate of drug-likeness (QED) is 0.865. The second kappa shape index (κ2) is 7.39. The third-order valence-corrected chi connectivity index (χ3v) is 4.66. The maximum atomic E-state index is 12.1. The minimum atomic E-state index is -0.411. The van der Waals surface area contributed by atoms with Gasteiger partial charge in [0.25, 0.3) is 0 Å². The smallest absolute Gasteiger partial charge is 0.410 e. The summed E-state index contributed by atoms with van der Waals surface area (Å²) < 4.78 is 11.2. The lowest BCUT2D eigenvalue weighted by atomic mass is 9.92. The third-order valence-electron chi connectivity index (χ3n) is 4.66. The Morgan fingerprint density at radius 3 is 2.48 bits per heavy atom. The highest BCUT2D eigenvalue weighted by molar-refractivity contribution is 5.68. The molecule has 1 atom stereocenters. The number of hydrogen-bond acceptors (Lipinski definition) is 4. The molecule has 2 aliphatic rings. The minimum Gasteiger partial charge on any atom is -0.444 e. The standard InChI is InChI=1S/C18H34N2O3/c1-17(2,3)23-16(21)20-9-6-14(7-10-20)13-19-15-8-11-22-18(4,5)12-15/h14-15,19H,6-13H2,1-5H3. The summed E-state index contributed by atoms with van der Waals surface area (Å²) in [4.78, 5) is 13.9. The van der Waals surface area contributed by atoms with Gasteiger partial charge in [-0.3, -0.25) is 0 Å². The lowest BCUT2D eigenvalue weighted by Crippen LogP contribution is -2.47. The average molecular weight is 326 g/mol. The van der Waals surface area contributed by atoms with E-state index < -0.39 is 5.60 Å². The van der Waals surface area contributed by atoms with E-state index in [9.17, 15) is 4.79 Å². The zero-order valence-electron chi connectivity index (χ0n) is 15.5. The van der Waals surface area contributed by atoms with Crippen molar-refractivity contribution in [2.75, 3.05) is 26.2 Å². The molecule has 2 fully saturated rings. The average Bonchev–Trinajstić information content (AvgIpc) is 2.43. The Morgan fingerprint density at radius 2 is 1.91 bits per heavy atom. The van der Waals surface area contributed by atoms with Gasteiger partial charge in [0.1, 0.15) is 5.60 Å². The van der Waals surface area contributed by atoms with Crippen molar-refractivity contribution in [3.8, 4) is 0 Å². The number of piperidine rings is 1. The van der Waals surface area contributed by atoms with Crippen LogP contribution in [-0.4, -0.2) is 54.5 Å². The fourth-order valence-corrected chi connectivity index (χ4v) is 3.39. The van der Waals surface area contributed by atoms with Crippen LogP contribution < -0.4 is 5.32 Å². The van der Waals surface area contributed by atoms with Gasteiger partial charge in [0.15, 0.2) is 0 Å². The molecule has 5 heteroatoms. The molecule has 0 aliphatic carbocycles. The molecule has 2 aliphatic heterocycles. The molecule has 1 amide bonds. The van der Waals surface area contributed by atoms with E-state index in [1.807, 2.05) is 25.7 Å². The van der Waals surface area contributed by atoms with Gasteiger partial charge < -0.3 is 19.7 Å². The predicted molar refractivity (Wildman–Crippen MR) is 91.6 cm³/mol. The fourth-order valence-electron chi connectivity index (χ4n) is 3.39. The van der Waals surface area contributed by atoms with Gasteiger partial charge in [-0.15, -0.1) is 0 Å². The summed E-state index contributed by atoms with van der Waals surface area (Å²) in [5.74, 6) is 0.652. The van der Waals surface area contributed by atoms with Gasteiger partial charge in [-0.2, -0.15) is 0 Å². The predicted octanol–water partition coefficient (Wildman–Crippen LogP) is 3.18. The molecule has 0 saturated carbocycles. The van der Waals surface area contributed by atoms with Crippen molar-refractivity contribution in [2.45, 2.75) is 77.5 Å². The normalized spacial score (nSPS) is 26.1. The number of nitrogens with one attached hydrogen (secondary N) is 1. The number of carbonyl (C=O) groups is 1. The van der Waals surface area contributed by atoms with Crippen LogP contribution in [0, 0.1) is 5.92 Å². The molecule has 0 spiro atoms. The second-order valence-corrected chi connectivity index (χ2v) is 8.62. The molecule has 1 N–H and O–H groups in total. The number of nitrogens with zero attached hydrogens (tertiary/aromatic N) is 1. The SMILES string of the molecule is CC(C)(C)OC(=O)N1CCC(CNC2CCOC(C)(C)C2)CC1. The maximum absolute atomic E-state index is 12.1. The van der Waals surface area contributed by atoms with Gasteiger partial charge in [0.05, 0.1) is 5.60 Å². The van der Waals surface area contributed by atoms with Crippen LogP contribution >= 0.6 is 0 Å². The van der Waals surface area contributed by atoms with Gasteiger partial charge in [0, 0.05) is 25.7 Å². The topological polar surface area (TPSA) is 50.8 Å². The van der Waals surface area contributed by atoms with Crippen LogP contribution in [0.2, 0.25) is 0 Å². The van der Waals surface area contributed by atoms with Crippen molar-refractivity contribution in [3.63, 3.8) is 0 Å². The van der Waals surface area contributed by atoms with E-state index in [1.54, 1.807) is 0 Å². The van der Waals surface area contributed by atoms with Crippen molar-refractivity contribution in [1.29, 1.82) is 0 Å². The van der Waals surface area contributed by atoms with Gasteiger partial charge in [-0.1, -0.05) is 0 Å². The first-order chi connectivity index (χ1) is 10.6. The number of likely N-dealkylation sites (tertiary alicyclic amines) is 1. The summed E-state index contributed by atoms with van der Waals surface area (Å²) in [6, 6.07) is 0.558. The molecule has 23 heavy (non-hydrogen) atoms. The fraction of sp³-hybridized carbons (Fsp3) is 0.944. The van der Waals surface area contributed by atoms with Gasteiger partial charge in [0.2, 0.25) is 0 Å². The summed E-state index contributed by atoms with van der Waals surface area (Å²) in [6.45, 7) is 13.6. The van der Waals surface area contributed by atoms with Crippen LogP contribution in [0.5, 0.6) is 0 Å². The number of amides is 1. The van der Waals surface area contributed by atoms with Crippen molar-refractivity contribution < 1.29 is 14.3 Å². The van der Waals surface area contributed by atoms with E-state index in [4.69, 9.17) is 9.47 Å². The molecule has 1 unspecified atom stereocenters. The maximum Gasteiger partial charge on any atom is 0.410 e. The van der Waals surface area contributed by atoms with Crippen molar-refractivity contribution in [3.05, 3.63) is 0 Å². The first-order valence-corrected chi connectivity index (χ1v) is 9.00. The first-order valence-electron chi connectivity index (χ1n) is 9.00. The Balaban J connectivity index is 1.68. The Kier molecular flexibility index (Phi) is 5.95. The zero-order chi connectivity index (χ0) is 17.1. The van der Waals surface area contributed by atoms with E-state index in [0.717, 1.165) is 51.9 Å². The second-order valence-electron chi connectivity index (χ2n) is 8.62. The van der Waals surface area contributed by atoms with Crippen LogP contribution in [-0.2, 0) is 9.47 Å². The van der Waals surface area contributed by atoms with Crippen molar-refractivity contribution in [2.24, 2.45) is 5.92 Å². The Labute approximate surface area is 141 Å². The Morgan fingerprint density at radius 1 is 1.26 bits per heavy atom. The minimum absolute atomic E-state index is 0.00397.